The van der Waals surface area contributed by atoms with E-state index in [4.69, 9.17) is 4.74 Å². The molecule has 2 heterocycles. The van der Waals surface area contributed by atoms with Crippen LogP contribution < -0.4 is 4.74 Å². The Labute approximate surface area is 99.7 Å². The molecular weight excluding hydrogens is 218 g/mol. The van der Waals surface area contributed by atoms with Crippen LogP contribution in [0.25, 0.3) is 0 Å². The number of rotatable bonds is 4. The van der Waals surface area contributed by atoms with Gasteiger partial charge in [0.25, 0.3) is 0 Å². The molecule has 0 aliphatic rings. The van der Waals surface area contributed by atoms with Gasteiger partial charge in [-0.05, 0) is 17.7 Å². The molecule has 1 atom stereocenters. The minimum Gasteiger partial charge on any atom is -0.481 e. The van der Waals surface area contributed by atoms with E-state index in [2.05, 4.69) is 10.1 Å². The third-order valence-electron chi connectivity index (χ3n) is 2.52. The highest BCUT2D eigenvalue weighted by atomic mass is 16.5. The number of ether oxygens (including phenoxy) is 1. The normalized spacial score (nSPS) is 12.4. The fourth-order valence-corrected chi connectivity index (χ4v) is 1.60. The average molecular weight is 233 g/mol. The molecule has 0 bridgehead atoms. The molecular formula is C12H15N3O2. The maximum absolute atomic E-state index is 10.0. The van der Waals surface area contributed by atoms with Crippen molar-refractivity contribution in [2.24, 2.45) is 7.05 Å². The molecule has 17 heavy (non-hydrogen) atoms. The van der Waals surface area contributed by atoms with Gasteiger partial charge < -0.3 is 9.84 Å². The van der Waals surface area contributed by atoms with Crippen molar-refractivity contribution in [1.82, 2.24) is 14.8 Å². The zero-order valence-corrected chi connectivity index (χ0v) is 9.87. The maximum Gasteiger partial charge on any atom is 0.212 e. The number of aromatic nitrogens is 3. The number of pyridine rings is 1. The molecule has 0 amide bonds. The summed E-state index contributed by atoms with van der Waals surface area (Å²) in [5.74, 6) is 0.541. The van der Waals surface area contributed by atoms with Gasteiger partial charge in [0.1, 0.15) is 0 Å². The van der Waals surface area contributed by atoms with Gasteiger partial charge in [0.2, 0.25) is 5.88 Å². The predicted octanol–water partition coefficient (Wildman–Crippen LogP) is 1.10. The van der Waals surface area contributed by atoms with Gasteiger partial charge >= 0.3 is 0 Å². The van der Waals surface area contributed by atoms with Crippen LogP contribution in [0.15, 0.2) is 30.6 Å². The highest BCUT2D eigenvalue weighted by molar-refractivity contribution is 5.20. The Kier molecular flexibility index (Phi) is 3.39. The SMILES string of the molecule is COc1ccc(C(O)Cc2ccn(C)n2)cn1. The second-order valence-electron chi connectivity index (χ2n) is 3.83. The fraction of sp³-hybridized carbons (Fsp3) is 0.333. The number of methoxy groups -OCH3 is 1. The van der Waals surface area contributed by atoms with Crippen LogP contribution in [0.3, 0.4) is 0 Å². The standard InChI is InChI=1S/C12H15N3O2/c1-15-6-5-10(14-15)7-11(16)9-3-4-12(17-2)13-8-9/h3-6,8,11,16H,7H2,1-2H3. The van der Waals surface area contributed by atoms with Gasteiger partial charge in [0.05, 0.1) is 18.9 Å². The van der Waals surface area contributed by atoms with Crippen molar-refractivity contribution in [1.29, 1.82) is 0 Å². The molecule has 0 saturated carbocycles. The molecule has 2 aromatic rings. The van der Waals surface area contributed by atoms with Crippen molar-refractivity contribution in [2.75, 3.05) is 7.11 Å². The van der Waals surface area contributed by atoms with Crippen molar-refractivity contribution < 1.29 is 9.84 Å². The Morgan fingerprint density at radius 3 is 2.76 bits per heavy atom. The summed E-state index contributed by atoms with van der Waals surface area (Å²) in [6.45, 7) is 0. The number of nitrogens with zero attached hydrogens (tertiary/aromatic N) is 3. The lowest BCUT2D eigenvalue weighted by atomic mass is 10.1. The van der Waals surface area contributed by atoms with Crippen molar-refractivity contribution in [3.8, 4) is 5.88 Å². The van der Waals surface area contributed by atoms with Gasteiger partial charge in [-0.3, -0.25) is 4.68 Å². The number of aryl methyl sites for hydroxylation is 1. The number of aliphatic hydroxyl groups excluding tert-OH is 1. The van der Waals surface area contributed by atoms with E-state index in [1.807, 2.05) is 19.3 Å². The first-order valence-electron chi connectivity index (χ1n) is 5.35. The Morgan fingerprint density at radius 2 is 2.24 bits per heavy atom. The third-order valence-corrected chi connectivity index (χ3v) is 2.52. The molecule has 2 aromatic heterocycles. The molecule has 0 fully saturated rings. The van der Waals surface area contributed by atoms with E-state index in [1.165, 1.54) is 0 Å². The summed E-state index contributed by atoms with van der Waals surface area (Å²) in [7, 11) is 3.41. The molecule has 0 aliphatic heterocycles. The van der Waals surface area contributed by atoms with Gasteiger partial charge in [-0.25, -0.2) is 4.98 Å². The molecule has 0 radical (unpaired) electrons. The Balaban J connectivity index is 2.06. The van der Waals surface area contributed by atoms with Crippen LogP contribution in [0.4, 0.5) is 0 Å². The van der Waals surface area contributed by atoms with Gasteiger partial charge in [0, 0.05) is 31.9 Å². The lowest BCUT2D eigenvalue weighted by molar-refractivity contribution is 0.176. The van der Waals surface area contributed by atoms with E-state index in [0.29, 0.717) is 12.3 Å². The number of aliphatic hydroxyl groups is 1. The topological polar surface area (TPSA) is 60.2 Å². The van der Waals surface area contributed by atoms with Gasteiger partial charge in [-0.1, -0.05) is 0 Å². The fourth-order valence-electron chi connectivity index (χ4n) is 1.60. The van der Waals surface area contributed by atoms with Crippen molar-refractivity contribution in [3.05, 3.63) is 41.9 Å². The zero-order valence-electron chi connectivity index (χ0n) is 9.87. The van der Waals surface area contributed by atoms with Gasteiger partial charge in [-0.15, -0.1) is 0 Å². The average Bonchev–Trinajstić information content (AvgIpc) is 2.75. The van der Waals surface area contributed by atoms with Crippen LogP contribution in [0.2, 0.25) is 0 Å². The molecule has 5 heteroatoms. The monoisotopic (exact) mass is 233 g/mol. The summed E-state index contributed by atoms with van der Waals surface area (Å²) in [6, 6.07) is 5.43. The summed E-state index contributed by atoms with van der Waals surface area (Å²) in [6.07, 6.45) is 3.36. The van der Waals surface area contributed by atoms with Gasteiger partial charge in [-0.2, -0.15) is 5.10 Å². The summed E-state index contributed by atoms with van der Waals surface area (Å²) < 4.78 is 6.68. The first-order chi connectivity index (χ1) is 8.19. The molecule has 0 saturated heterocycles. The van der Waals surface area contributed by atoms with Gasteiger partial charge in [0.15, 0.2) is 0 Å². The highest BCUT2D eigenvalue weighted by Gasteiger charge is 2.10. The number of hydrogen-bond acceptors (Lipinski definition) is 4. The second kappa shape index (κ2) is 4.97. The first-order valence-corrected chi connectivity index (χ1v) is 5.35. The van der Waals surface area contributed by atoms with Crippen molar-refractivity contribution in [2.45, 2.75) is 12.5 Å². The quantitative estimate of drug-likeness (QED) is 0.859. The molecule has 1 unspecified atom stereocenters. The Morgan fingerprint density at radius 1 is 1.41 bits per heavy atom. The summed E-state index contributed by atoms with van der Waals surface area (Å²) in [4.78, 5) is 4.06. The van der Waals surface area contributed by atoms with Crippen molar-refractivity contribution in [3.63, 3.8) is 0 Å². The minimum atomic E-state index is -0.594. The second-order valence-corrected chi connectivity index (χ2v) is 3.83. The van der Waals surface area contributed by atoms with E-state index in [-0.39, 0.29) is 0 Å². The van der Waals surface area contributed by atoms with E-state index in [9.17, 15) is 5.11 Å². The lowest BCUT2D eigenvalue weighted by Gasteiger charge is -2.09. The van der Waals surface area contributed by atoms with Crippen LogP contribution in [-0.4, -0.2) is 27.0 Å². The molecule has 1 N–H and O–H groups in total. The van der Waals surface area contributed by atoms with E-state index < -0.39 is 6.10 Å². The molecule has 90 valence electrons. The van der Waals surface area contributed by atoms with Crippen LogP contribution in [0.1, 0.15) is 17.4 Å². The van der Waals surface area contributed by atoms with Crippen LogP contribution in [0, 0.1) is 0 Å². The van der Waals surface area contributed by atoms with Crippen LogP contribution >= 0.6 is 0 Å². The largest absolute Gasteiger partial charge is 0.481 e. The zero-order chi connectivity index (χ0) is 12.3. The number of hydrogen-bond donors (Lipinski definition) is 1. The smallest absolute Gasteiger partial charge is 0.212 e. The maximum atomic E-state index is 10.0. The Bertz CT molecular complexity index is 479. The highest BCUT2D eigenvalue weighted by Crippen LogP contribution is 2.18. The van der Waals surface area contributed by atoms with E-state index >= 15 is 0 Å². The third kappa shape index (κ3) is 2.82. The summed E-state index contributed by atoms with van der Waals surface area (Å²) in [5.41, 5.74) is 1.62. The van der Waals surface area contributed by atoms with E-state index in [0.717, 1.165) is 11.3 Å². The lowest BCUT2D eigenvalue weighted by Crippen LogP contribution is -2.03. The van der Waals surface area contributed by atoms with Crippen molar-refractivity contribution >= 4 is 0 Å². The molecule has 0 spiro atoms. The first kappa shape index (κ1) is 11.6. The minimum absolute atomic E-state index is 0.481. The predicted molar refractivity (Wildman–Crippen MR) is 62.7 cm³/mol. The molecule has 0 aliphatic carbocycles. The van der Waals surface area contributed by atoms with E-state index in [1.54, 1.807) is 30.1 Å². The van der Waals surface area contributed by atoms with Crippen LogP contribution in [0.5, 0.6) is 5.88 Å². The molecule has 0 aromatic carbocycles. The molecule has 5 nitrogen and oxygen atoms in total. The van der Waals surface area contributed by atoms with Crippen LogP contribution in [-0.2, 0) is 13.5 Å². The molecule has 2 rings (SSSR count). The summed E-state index contributed by atoms with van der Waals surface area (Å²) in [5, 5.41) is 14.2. The summed E-state index contributed by atoms with van der Waals surface area (Å²) >= 11 is 0. The Hall–Kier alpha value is -1.88.